The maximum atomic E-state index is 13.4. The molecule has 1 aliphatic heterocycles. The Morgan fingerprint density at radius 2 is 2.00 bits per heavy atom. The topological polar surface area (TPSA) is 46.2 Å². The molecule has 1 aliphatic rings. The van der Waals surface area contributed by atoms with Gasteiger partial charge in [0.05, 0.1) is 10.1 Å². The summed E-state index contributed by atoms with van der Waals surface area (Å²) in [5.74, 6) is -0.534. The first-order valence-corrected chi connectivity index (χ1v) is 8.21. The van der Waals surface area contributed by atoms with Gasteiger partial charge in [0, 0.05) is 6.04 Å². The third-order valence-electron chi connectivity index (χ3n) is 3.99. The van der Waals surface area contributed by atoms with Crippen molar-refractivity contribution < 1.29 is 12.8 Å². The molecule has 0 fully saturated rings. The zero-order chi connectivity index (χ0) is 14.2. The van der Waals surface area contributed by atoms with Gasteiger partial charge in [-0.05, 0) is 43.5 Å². The van der Waals surface area contributed by atoms with Crippen LogP contribution in [0.15, 0.2) is 23.1 Å². The van der Waals surface area contributed by atoms with Crippen LogP contribution in [0.2, 0.25) is 0 Å². The Kier molecular flexibility index (Phi) is 3.97. The van der Waals surface area contributed by atoms with Gasteiger partial charge in [0.1, 0.15) is 5.82 Å². The maximum absolute atomic E-state index is 13.4. The van der Waals surface area contributed by atoms with Crippen molar-refractivity contribution in [3.63, 3.8) is 0 Å². The molecule has 0 spiro atoms. The number of halogens is 1. The van der Waals surface area contributed by atoms with Crippen LogP contribution < -0.4 is 5.32 Å². The highest BCUT2D eigenvalue weighted by atomic mass is 32.2. The first-order chi connectivity index (χ1) is 8.89. The normalized spacial score (nSPS) is 28.9. The van der Waals surface area contributed by atoms with Crippen molar-refractivity contribution in [2.75, 3.05) is 6.54 Å². The lowest BCUT2D eigenvalue weighted by Crippen LogP contribution is -2.41. The minimum absolute atomic E-state index is 0.0329. The lowest BCUT2D eigenvalue weighted by molar-refractivity contribution is 0.358. The smallest absolute Gasteiger partial charge is 0.181 e. The molecule has 0 saturated carbocycles. The molecule has 1 N–H and O–H groups in total. The van der Waals surface area contributed by atoms with Gasteiger partial charge in [-0.25, -0.2) is 12.8 Å². The van der Waals surface area contributed by atoms with E-state index in [1.54, 1.807) is 13.0 Å². The molecular weight excluding hydrogens is 265 g/mol. The van der Waals surface area contributed by atoms with Gasteiger partial charge in [0.15, 0.2) is 9.84 Å². The summed E-state index contributed by atoms with van der Waals surface area (Å²) in [6, 6.07) is 4.04. The monoisotopic (exact) mass is 285 g/mol. The standard InChI is InChI=1S/C14H20FNO2S/c1-4-7-16-14-9(2)10(3)19(17,18)13-8-11(15)5-6-12(13)14/h5-6,8-10,14,16H,4,7H2,1-3H3. The van der Waals surface area contributed by atoms with Crippen LogP contribution in [0.25, 0.3) is 0 Å². The van der Waals surface area contributed by atoms with Crippen LogP contribution in [0.5, 0.6) is 0 Å². The molecule has 3 nitrogen and oxygen atoms in total. The van der Waals surface area contributed by atoms with Crippen LogP contribution in [-0.2, 0) is 9.84 Å². The molecule has 3 unspecified atom stereocenters. The summed E-state index contributed by atoms with van der Waals surface area (Å²) in [6.45, 7) is 6.52. The average Bonchev–Trinajstić information content (AvgIpc) is 2.37. The fraction of sp³-hybridized carbons (Fsp3) is 0.571. The Labute approximate surface area is 114 Å². The lowest BCUT2D eigenvalue weighted by atomic mass is 9.91. The zero-order valence-corrected chi connectivity index (χ0v) is 12.3. The minimum Gasteiger partial charge on any atom is -0.310 e. The average molecular weight is 285 g/mol. The number of hydrogen-bond acceptors (Lipinski definition) is 3. The summed E-state index contributed by atoms with van der Waals surface area (Å²) in [5.41, 5.74) is 0.695. The van der Waals surface area contributed by atoms with E-state index in [4.69, 9.17) is 0 Å². The molecule has 1 aromatic carbocycles. The number of benzene rings is 1. The molecule has 0 saturated heterocycles. The van der Waals surface area contributed by atoms with E-state index in [2.05, 4.69) is 12.2 Å². The summed E-state index contributed by atoms with van der Waals surface area (Å²) < 4.78 is 38.1. The predicted octanol–water partition coefficient (Wildman–Crippen LogP) is 2.68. The van der Waals surface area contributed by atoms with Crippen molar-refractivity contribution in [3.8, 4) is 0 Å². The van der Waals surface area contributed by atoms with E-state index in [0.717, 1.165) is 19.0 Å². The SMILES string of the molecule is CCCNC1c2ccc(F)cc2S(=O)(=O)C(C)C1C. The number of hydrogen-bond donors (Lipinski definition) is 1. The highest BCUT2D eigenvalue weighted by molar-refractivity contribution is 7.92. The number of rotatable bonds is 3. The Hall–Kier alpha value is -0.940. The minimum atomic E-state index is -3.43. The molecule has 5 heteroatoms. The zero-order valence-electron chi connectivity index (χ0n) is 11.5. The van der Waals surface area contributed by atoms with Crippen molar-refractivity contribution in [1.29, 1.82) is 0 Å². The molecule has 0 radical (unpaired) electrons. The molecule has 106 valence electrons. The Bertz CT molecular complexity index is 571. The number of sulfone groups is 1. The molecule has 0 bridgehead atoms. The van der Waals surface area contributed by atoms with Gasteiger partial charge in [-0.1, -0.05) is 19.9 Å². The number of fused-ring (bicyclic) bond motifs is 1. The summed E-state index contributed by atoms with van der Waals surface area (Å²) in [6.07, 6.45) is 0.973. The van der Waals surface area contributed by atoms with Crippen molar-refractivity contribution in [3.05, 3.63) is 29.6 Å². The second-order valence-corrected chi connectivity index (χ2v) is 7.50. The van der Waals surface area contributed by atoms with Crippen molar-refractivity contribution in [2.24, 2.45) is 5.92 Å². The molecule has 3 atom stereocenters. The molecular formula is C14H20FNO2S. The third kappa shape index (κ3) is 2.41. The van der Waals surface area contributed by atoms with Crippen molar-refractivity contribution in [2.45, 2.75) is 43.4 Å². The van der Waals surface area contributed by atoms with Crippen LogP contribution in [0.3, 0.4) is 0 Å². The fourth-order valence-electron chi connectivity index (χ4n) is 2.64. The van der Waals surface area contributed by atoms with Crippen LogP contribution in [0, 0.1) is 11.7 Å². The Morgan fingerprint density at radius 3 is 2.63 bits per heavy atom. The molecule has 0 aliphatic carbocycles. The van der Waals surface area contributed by atoms with Gasteiger partial charge in [-0.2, -0.15) is 0 Å². The predicted molar refractivity (Wildman–Crippen MR) is 73.2 cm³/mol. The van der Waals surface area contributed by atoms with Gasteiger partial charge in [-0.15, -0.1) is 0 Å². The quantitative estimate of drug-likeness (QED) is 0.928. The molecule has 1 aromatic rings. The van der Waals surface area contributed by atoms with E-state index < -0.39 is 20.9 Å². The second-order valence-electron chi connectivity index (χ2n) is 5.22. The maximum Gasteiger partial charge on any atom is 0.181 e. The molecule has 0 amide bonds. The van der Waals surface area contributed by atoms with Gasteiger partial charge in [-0.3, -0.25) is 0 Å². The van der Waals surface area contributed by atoms with E-state index in [1.165, 1.54) is 6.07 Å². The van der Waals surface area contributed by atoms with Gasteiger partial charge in [0.2, 0.25) is 0 Å². The lowest BCUT2D eigenvalue weighted by Gasteiger charge is -2.36. The van der Waals surface area contributed by atoms with Gasteiger partial charge < -0.3 is 5.32 Å². The first-order valence-electron chi connectivity index (χ1n) is 6.66. The number of nitrogens with one attached hydrogen (secondary N) is 1. The van der Waals surface area contributed by atoms with Crippen molar-refractivity contribution in [1.82, 2.24) is 5.32 Å². The summed E-state index contributed by atoms with van der Waals surface area (Å²) >= 11 is 0. The van der Waals surface area contributed by atoms with E-state index in [1.807, 2.05) is 6.92 Å². The van der Waals surface area contributed by atoms with Gasteiger partial charge >= 0.3 is 0 Å². The molecule has 0 aromatic heterocycles. The first kappa shape index (κ1) is 14.5. The highest BCUT2D eigenvalue weighted by Crippen LogP contribution is 2.40. The summed E-state index contributed by atoms with van der Waals surface area (Å²) in [5, 5.41) is 2.87. The van der Waals surface area contributed by atoms with Crippen molar-refractivity contribution >= 4 is 9.84 Å². The molecule has 2 rings (SSSR count). The summed E-state index contributed by atoms with van der Waals surface area (Å²) in [4.78, 5) is 0.145. The molecule has 19 heavy (non-hydrogen) atoms. The molecule has 1 heterocycles. The van der Waals surface area contributed by atoms with Crippen LogP contribution in [-0.4, -0.2) is 20.2 Å². The van der Waals surface area contributed by atoms with Gasteiger partial charge in [0.25, 0.3) is 0 Å². The summed E-state index contributed by atoms with van der Waals surface area (Å²) in [7, 11) is -3.43. The van der Waals surface area contributed by atoms with E-state index in [9.17, 15) is 12.8 Å². The van der Waals surface area contributed by atoms with Crippen LogP contribution >= 0.6 is 0 Å². The Morgan fingerprint density at radius 1 is 1.32 bits per heavy atom. The second kappa shape index (κ2) is 5.21. The fourth-order valence-corrected chi connectivity index (χ4v) is 4.57. The highest BCUT2D eigenvalue weighted by Gasteiger charge is 2.41. The van der Waals surface area contributed by atoms with Crippen LogP contribution in [0.4, 0.5) is 4.39 Å². The van der Waals surface area contributed by atoms with E-state index >= 15 is 0 Å². The Balaban J connectivity index is 2.56. The van der Waals surface area contributed by atoms with E-state index in [-0.39, 0.29) is 16.9 Å². The van der Waals surface area contributed by atoms with E-state index in [0.29, 0.717) is 5.56 Å². The van der Waals surface area contributed by atoms with Crippen LogP contribution in [0.1, 0.15) is 38.8 Å². The largest absolute Gasteiger partial charge is 0.310 e. The third-order valence-corrected chi connectivity index (χ3v) is 6.36.